The fourth-order valence-corrected chi connectivity index (χ4v) is 4.07. The number of hydrogen-bond donors (Lipinski definition) is 1. The van der Waals surface area contributed by atoms with Gasteiger partial charge in [-0.05, 0) is 42.8 Å². The monoisotopic (exact) mass is 443 g/mol. The van der Waals surface area contributed by atoms with Crippen molar-refractivity contribution in [3.8, 4) is 17.2 Å². The summed E-state index contributed by atoms with van der Waals surface area (Å²) in [6, 6.07) is 7.15. The van der Waals surface area contributed by atoms with Gasteiger partial charge in [0.15, 0.2) is 11.5 Å². The van der Waals surface area contributed by atoms with Crippen LogP contribution in [0.15, 0.2) is 35.2 Å². The summed E-state index contributed by atoms with van der Waals surface area (Å²) in [7, 11) is 0.140. The van der Waals surface area contributed by atoms with Gasteiger partial charge in [0, 0.05) is 6.54 Å². The molecule has 0 amide bonds. The molecular weight excluding hydrogens is 422 g/mol. The molecule has 2 aromatic rings. The quantitative estimate of drug-likeness (QED) is 0.594. The van der Waals surface area contributed by atoms with Crippen molar-refractivity contribution >= 4 is 27.6 Å². The number of carbonyl (C=O) groups is 1. The summed E-state index contributed by atoms with van der Waals surface area (Å²) >= 11 is 6.03. The number of carbonyl (C=O) groups excluding carboxylic acids is 1. The largest absolute Gasteiger partial charge is 0.493 e. The highest BCUT2D eigenvalue weighted by Gasteiger charge is 2.21. The van der Waals surface area contributed by atoms with Gasteiger partial charge in [-0.3, -0.25) is 0 Å². The molecule has 1 N–H and O–H groups in total. The first-order chi connectivity index (χ1) is 13.8. The van der Waals surface area contributed by atoms with Crippen LogP contribution in [-0.4, -0.2) is 42.3 Å². The van der Waals surface area contributed by atoms with E-state index in [9.17, 15) is 13.2 Å². The molecule has 0 aromatic heterocycles. The van der Waals surface area contributed by atoms with Crippen molar-refractivity contribution in [3.05, 3.63) is 46.5 Å². The van der Waals surface area contributed by atoms with Gasteiger partial charge in [-0.25, -0.2) is 17.9 Å². The predicted molar refractivity (Wildman–Crippen MR) is 108 cm³/mol. The molecule has 0 atom stereocenters. The van der Waals surface area contributed by atoms with E-state index in [1.54, 1.807) is 12.1 Å². The Kier molecular flexibility index (Phi) is 7.72. The third kappa shape index (κ3) is 5.31. The van der Waals surface area contributed by atoms with E-state index in [0.29, 0.717) is 29.4 Å². The van der Waals surface area contributed by atoms with Crippen LogP contribution in [-0.2, 0) is 21.3 Å². The molecular formula is C19H22ClNO7S. The van der Waals surface area contributed by atoms with E-state index in [4.69, 9.17) is 25.8 Å². The van der Waals surface area contributed by atoms with Crippen molar-refractivity contribution in [2.24, 2.45) is 0 Å². The van der Waals surface area contributed by atoms with Crippen LogP contribution in [0.5, 0.6) is 17.2 Å². The summed E-state index contributed by atoms with van der Waals surface area (Å²) < 4.78 is 48.7. The Labute approximate surface area is 174 Å². The molecule has 0 saturated heterocycles. The Bertz CT molecular complexity index is 967. The number of halogens is 1. The van der Waals surface area contributed by atoms with E-state index in [1.807, 2.05) is 6.92 Å². The molecule has 0 radical (unpaired) electrons. The number of methoxy groups -OCH3 is 3. The number of hydrogen-bond acceptors (Lipinski definition) is 7. The highest BCUT2D eigenvalue weighted by molar-refractivity contribution is 7.89. The Morgan fingerprint density at radius 2 is 1.69 bits per heavy atom. The minimum Gasteiger partial charge on any atom is -0.493 e. The zero-order valence-corrected chi connectivity index (χ0v) is 18.0. The SMILES string of the molecule is CCOc1c(OC)cc(CNS(=O)(=O)c2cc(C(=O)OC)ccc2Cl)cc1OC. The number of ether oxygens (including phenoxy) is 4. The van der Waals surface area contributed by atoms with E-state index in [2.05, 4.69) is 9.46 Å². The maximum absolute atomic E-state index is 12.7. The zero-order valence-electron chi connectivity index (χ0n) is 16.4. The molecule has 29 heavy (non-hydrogen) atoms. The van der Waals surface area contributed by atoms with Crippen LogP contribution in [0.4, 0.5) is 0 Å². The van der Waals surface area contributed by atoms with Gasteiger partial charge in [0.25, 0.3) is 0 Å². The fourth-order valence-electron chi connectivity index (χ4n) is 2.53. The van der Waals surface area contributed by atoms with Gasteiger partial charge in [-0.2, -0.15) is 0 Å². The maximum Gasteiger partial charge on any atom is 0.337 e. The Balaban J connectivity index is 2.32. The summed E-state index contributed by atoms with van der Waals surface area (Å²) in [5, 5.41) is -0.0213. The first-order valence-corrected chi connectivity index (χ1v) is 10.4. The Morgan fingerprint density at radius 3 is 2.21 bits per heavy atom. The molecule has 0 aliphatic rings. The lowest BCUT2D eigenvalue weighted by Crippen LogP contribution is -2.24. The van der Waals surface area contributed by atoms with Crippen LogP contribution < -0.4 is 18.9 Å². The van der Waals surface area contributed by atoms with Crippen LogP contribution in [0.2, 0.25) is 5.02 Å². The number of benzene rings is 2. The van der Waals surface area contributed by atoms with Crippen molar-refractivity contribution in [1.82, 2.24) is 4.72 Å². The standard InChI is InChI=1S/C19H22ClNO7S/c1-5-28-18-15(25-2)8-12(9-16(18)26-3)11-21-29(23,24)17-10-13(19(22)27-4)6-7-14(17)20/h6-10,21H,5,11H2,1-4H3. The molecule has 0 fully saturated rings. The van der Waals surface area contributed by atoms with Gasteiger partial charge in [0.2, 0.25) is 15.8 Å². The molecule has 0 aliphatic carbocycles. The van der Waals surface area contributed by atoms with Gasteiger partial charge in [-0.15, -0.1) is 0 Å². The second-order valence-corrected chi connectivity index (χ2v) is 7.87. The summed E-state index contributed by atoms with van der Waals surface area (Å²) in [4.78, 5) is 11.5. The van der Waals surface area contributed by atoms with Crippen LogP contribution in [0.25, 0.3) is 0 Å². The zero-order chi connectivity index (χ0) is 21.6. The molecule has 0 aliphatic heterocycles. The molecule has 0 heterocycles. The van der Waals surface area contributed by atoms with Crippen LogP contribution in [0.3, 0.4) is 0 Å². The predicted octanol–water partition coefficient (Wildman–Crippen LogP) is 3.02. The van der Waals surface area contributed by atoms with Crippen LogP contribution in [0.1, 0.15) is 22.8 Å². The highest BCUT2D eigenvalue weighted by Crippen LogP contribution is 2.38. The first-order valence-electron chi connectivity index (χ1n) is 8.52. The summed E-state index contributed by atoms with van der Waals surface area (Å²) in [5.41, 5.74) is 0.646. The van der Waals surface area contributed by atoms with E-state index in [1.165, 1.54) is 33.5 Å². The number of esters is 1. The van der Waals surface area contributed by atoms with Crippen molar-refractivity contribution in [2.45, 2.75) is 18.4 Å². The van der Waals surface area contributed by atoms with Gasteiger partial charge >= 0.3 is 5.97 Å². The molecule has 0 unspecified atom stereocenters. The third-order valence-electron chi connectivity index (χ3n) is 3.92. The average Bonchev–Trinajstić information content (AvgIpc) is 2.72. The van der Waals surface area contributed by atoms with Gasteiger partial charge in [-0.1, -0.05) is 11.6 Å². The van der Waals surface area contributed by atoms with Crippen molar-refractivity contribution in [3.63, 3.8) is 0 Å². The van der Waals surface area contributed by atoms with Crippen molar-refractivity contribution in [1.29, 1.82) is 0 Å². The van der Waals surface area contributed by atoms with Crippen molar-refractivity contribution < 1.29 is 32.2 Å². The number of nitrogens with one attached hydrogen (secondary N) is 1. The normalized spacial score (nSPS) is 11.1. The van der Waals surface area contributed by atoms with Gasteiger partial charge in [0.1, 0.15) is 4.90 Å². The lowest BCUT2D eigenvalue weighted by molar-refractivity contribution is 0.0600. The van der Waals surface area contributed by atoms with Gasteiger partial charge < -0.3 is 18.9 Å². The second-order valence-electron chi connectivity index (χ2n) is 5.72. The summed E-state index contributed by atoms with van der Waals surface area (Å²) in [6.07, 6.45) is 0. The molecule has 10 heteroatoms. The van der Waals surface area contributed by atoms with E-state index in [0.717, 1.165) is 6.07 Å². The number of sulfonamides is 1. The average molecular weight is 444 g/mol. The fraction of sp³-hybridized carbons (Fsp3) is 0.316. The van der Waals surface area contributed by atoms with E-state index < -0.39 is 16.0 Å². The maximum atomic E-state index is 12.7. The van der Waals surface area contributed by atoms with E-state index in [-0.39, 0.29) is 22.0 Å². The van der Waals surface area contributed by atoms with Crippen LogP contribution >= 0.6 is 11.6 Å². The second kappa shape index (κ2) is 9.82. The minimum atomic E-state index is -4.02. The van der Waals surface area contributed by atoms with Crippen molar-refractivity contribution in [2.75, 3.05) is 27.9 Å². The molecule has 158 valence electrons. The highest BCUT2D eigenvalue weighted by atomic mass is 35.5. The molecule has 0 saturated carbocycles. The lowest BCUT2D eigenvalue weighted by Gasteiger charge is -2.16. The minimum absolute atomic E-state index is 0.0213. The Morgan fingerprint density at radius 1 is 1.07 bits per heavy atom. The molecule has 8 nitrogen and oxygen atoms in total. The summed E-state index contributed by atoms with van der Waals surface area (Å²) in [6.45, 7) is 2.17. The lowest BCUT2D eigenvalue weighted by atomic mass is 10.2. The Hall–Kier alpha value is -2.49. The third-order valence-corrected chi connectivity index (χ3v) is 5.80. The number of rotatable bonds is 9. The molecule has 2 rings (SSSR count). The summed E-state index contributed by atoms with van der Waals surface area (Å²) in [5.74, 6) is 0.578. The smallest absolute Gasteiger partial charge is 0.337 e. The molecule has 0 spiro atoms. The first kappa shape index (κ1) is 22.8. The van der Waals surface area contributed by atoms with E-state index >= 15 is 0 Å². The van der Waals surface area contributed by atoms with Gasteiger partial charge in [0.05, 0.1) is 38.5 Å². The van der Waals surface area contributed by atoms with Crippen LogP contribution in [0, 0.1) is 0 Å². The molecule has 0 bridgehead atoms. The molecule has 2 aromatic carbocycles. The topological polar surface area (TPSA) is 100 Å².